The lowest BCUT2D eigenvalue weighted by molar-refractivity contribution is -0.00100. The van der Waals surface area contributed by atoms with Gasteiger partial charge in [0.1, 0.15) is 23.0 Å². The highest BCUT2D eigenvalue weighted by Gasteiger charge is 2.49. The van der Waals surface area contributed by atoms with Crippen LogP contribution in [0.2, 0.25) is 0 Å². The summed E-state index contributed by atoms with van der Waals surface area (Å²) < 4.78 is 6.38. The second-order valence-electron chi connectivity index (χ2n) is 9.97. The van der Waals surface area contributed by atoms with Crippen LogP contribution >= 0.6 is 14.5 Å². The Bertz CT molecular complexity index is 1650. The molecule has 6 aromatic rings. The molecule has 0 aliphatic heterocycles. The molecule has 244 valence electrons. The van der Waals surface area contributed by atoms with Crippen LogP contribution in [0.1, 0.15) is 6.92 Å². The van der Waals surface area contributed by atoms with Gasteiger partial charge in [-0.2, -0.15) is 5.26 Å². The molecule has 0 spiro atoms. The van der Waals surface area contributed by atoms with Crippen molar-refractivity contribution in [3.63, 3.8) is 0 Å². The van der Waals surface area contributed by atoms with Crippen LogP contribution in [0.3, 0.4) is 0 Å². The molecule has 4 N–H and O–H groups in total. The number of halogens is 2. The molecular formula is C38H37BI2N2O3P2. The van der Waals surface area contributed by atoms with Crippen LogP contribution < -0.4 is 79.8 Å². The quantitative estimate of drug-likeness (QED) is 0.0961. The Hall–Kier alpha value is -3.13. The number of hydrogen-bond donors (Lipinski definition) is 2. The Morgan fingerprint density at radius 3 is 0.917 bits per heavy atom. The summed E-state index contributed by atoms with van der Waals surface area (Å²) >= 11 is 0. The second-order valence-corrected chi connectivity index (χ2v) is 16.3. The fraction of sp³-hybridized carbons (Fsp3) is 0.0263. The first-order valence-electron chi connectivity index (χ1n) is 14.7. The lowest BCUT2D eigenvalue weighted by Crippen LogP contribution is -3.00. The average molecular weight is 896 g/mol. The number of nitriles is 1. The van der Waals surface area contributed by atoms with E-state index in [0.717, 1.165) is 0 Å². The van der Waals surface area contributed by atoms with E-state index in [1.165, 1.54) is 38.8 Å². The van der Waals surface area contributed by atoms with E-state index in [2.05, 4.69) is 182 Å². The molecule has 0 radical (unpaired) electrons. The predicted molar refractivity (Wildman–Crippen MR) is 198 cm³/mol. The van der Waals surface area contributed by atoms with Crippen LogP contribution in [-0.2, 0) is 0 Å². The van der Waals surface area contributed by atoms with Gasteiger partial charge < -0.3 is 63.0 Å². The lowest BCUT2D eigenvalue weighted by Gasteiger charge is -2.31. The van der Waals surface area contributed by atoms with Gasteiger partial charge >= 0.3 is 7.32 Å². The van der Waals surface area contributed by atoms with Gasteiger partial charge in [0.25, 0.3) is 0 Å². The topological polar surface area (TPSA) is 99.5 Å². The van der Waals surface area contributed by atoms with E-state index in [1.807, 2.05) is 0 Å². The molecule has 0 fully saturated rings. The first-order chi connectivity index (χ1) is 22.5. The maximum Gasteiger partial charge on any atom is 0.883 e. The van der Waals surface area contributed by atoms with Crippen molar-refractivity contribution in [1.82, 2.24) is 0 Å². The van der Waals surface area contributed by atoms with Crippen LogP contribution in [0.25, 0.3) is 0 Å². The molecule has 0 saturated heterocycles. The largest absolute Gasteiger partial charge is 1.00 e. The summed E-state index contributed by atoms with van der Waals surface area (Å²) in [5.74, 6) is 0. The van der Waals surface area contributed by atoms with Crippen LogP contribution in [0.5, 0.6) is 0 Å². The van der Waals surface area contributed by atoms with Gasteiger partial charge in [-0.15, -0.1) is 4.52 Å². The minimum atomic E-state index is -2.50. The van der Waals surface area contributed by atoms with Crippen molar-refractivity contribution in [3.8, 4) is 6.07 Å². The van der Waals surface area contributed by atoms with Gasteiger partial charge in [0.15, 0.2) is 0 Å². The van der Waals surface area contributed by atoms with E-state index in [-0.39, 0.29) is 48.0 Å². The minimum Gasteiger partial charge on any atom is -1.00 e. The maximum absolute atomic E-state index is 7.32. The zero-order chi connectivity index (χ0) is 32.7. The molecule has 0 aliphatic rings. The monoisotopic (exact) mass is 896 g/mol. The van der Waals surface area contributed by atoms with E-state index in [4.69, 9.17) is 24.8 Å². The average Bonchev–Trinajstić information content (AvgIpc) is 3.12. The van der Waals surface area contributed by atoms with Gasteiger partial charge in [0, 0.05) is 22.8 Å². The van der Waals surface area contributed by atoms with Crippen LogP contribution in [-0.4, -0.2) is 22.4 Å². The molecular weight excluding hydrogens is 859 g/mol. The Balaban J connectivity index is 0.000000817. The highest BCUT2D eigenvalue weighted by molar-refractivity contribution is 8.01. The highest BCUT2D eigenvalue weighted by atomic mass is 127. The third-order valence-corrected chi connectivity index (χ3v) is 15.5. The number of rotatable bonds is 7. The Morgan fingerprint density at radius 2 is 0.708 bits per heavy atom. The molecule has 0 aromatic heterocycles. The zero-order valence-corrected chi connectivity index (χ0v) is 32.4. The maximum atomic E-state index is 7.32. The number of nitrogens with zero attached hydrogens (tertiary/aromatic N) is 2. The molecule has 5 nitrogen and oxygen atoms in total. The van der Waals surface area contributed by atoms with Gasteiger partial charge in [-0.05, 0) is 36.4 Å². The van der Waals surface area contributed by atoms with E-state index >= 15 is 0 Å². The van der Waals surface area contributed by atoms with Crippen LogP contribution in [0, 0.1) is 11.3 Å². The van der Waals surface area contributed by atoms with Gasteiger partial charge in [-0.25, -0.2) is 0 Å². The van der Waals surface area contributed by atoms with Crippen molar-refractivity contribution in [2.24, 2.45) is 4.52 Å². The van der Waals surface area contributed by atoms with E-state index in [1.54, 1.807) is 6.07 Å². The summed E-state index contributed by atoms with van der Waals surface area (Å²) in [5, 5.41) is 35.1. The summed E-state index contributed by atoms with van der Waals surface area (Å²) in [4.78, 5) is 0. The van der Waals surface area contributed by atoms with Crippen molar-refractivity contribution in [1.29, 1.82) is 5.26 Å². The molecule has 0 unspecified atom stereocenters. The normalized spacial score (nSPS) is 10.1. The predicted octanol–water partition coefficient (Wildman–Crippen LogP) is -0.708. The molecule has 6 aromatic carbocycles. The molecule has 48 heavy (non-hydrogen) atoms. The van der Waals surface area contributed by atoms with E-state index < -0.39 is 21.8 Å². The molecule has 0 aliphatic carbocycles. The van der Waals surface area contributed by atoms with E-state index in [9.17, 15) is 0 Å². The van der Waals surface area contributed by atoms with Gasteiger partial charge in [-0.3, -0.25) is 0 Å². The minimum absolute atomic E-state index is 0. The van der Waals surface area contributed by atoms with Gasteiger partial charge in [0.05, 0.1) is 6.07 Å². The Kier molecular flexibility index (Phi) is 18.0. The van der Waals surface area contributed by atoms with Gasteiger partial charge in [0.2, 0.25) is 7.41 Å². The lowest BCUT2D eigenvalue weighted by atomic mass is 10.3. The SMILES string of the molecule is CC#N.OB(O)[OH2+].[I-].[I-].c1ccc(P(=N[P+](c2ccccc2)(c2ccccc2)c2ccccc2)(c2ccccc2)c2ccccc2)cc1. The summed E-state index contributed by atoms with van der Waals surface area (Å²) in [6, 6.07) is 67.4. The first-order valence-corrected chi connectivity index (χ1v) is 18.2. The number of hydrogen-bond acceptors (Lipinski definition) is 4. The molecule has 6 rings (SSSR count). The smallest absolute Gasteiger partial charge is 0.883 e. The third-order valence-electron chi connectivity index (χ3n) is 7.05. The van der Waals surface area contributed by atoms with Gasteiger partial charge in [-0.1, -0.05) is 146 Å². The van der Waals surface area contributed by atoms with Crippen LogP contribution in [0.15, 0.2) is 187 Å². The zero-order valence-electron chi connectivity index (χ0n) is 26.3. The molecule has 0 amide bonds. The van der Waals surface area contributed by atoms with Crippen molar-refractivity contribution in [3.05, 3.63) is 182 Å². The van der Waals surface area contributed by atoms with Crippen molar-refractivity contribution < 1.29 is 63.0 Å². The van der Waals surface area contributed by atoms with E-state index in [0.29, 0.717) is 0 Å². The van der Waals surface area contributed by atoms with Crippen molar-refractivity contribution >= 4 is 53.6 Å². The second kappa shape index (κ2) is 21.1. The summed E-state index contributed by atoms with van der Waals surface area (Å²) in [6.07, 6.45) is 0. The van der Waals surface area contributed by atoms with Crippen molar-refractivity contribution in [2.75, 3.05) is 0 Å². The number of benzene rings is 6. The Morgan fingerprint density at radius 1 is 0.521 bits per heavy atom. The van der Waals surface area contributed by atoms with Crippen molar-refractivity contribution in [2.45, 2.75) is 6.92 Å². The summed E-state index contributed by atoms with van der Waals surface area (Å²) in [6.45, 7) is 1.43. The fourth-order valence-electron chi connectivity index (χ4n) is 5.27. The fourth-order valence-corrected chi connectivity index (χ4v) is 14.8. The van der Waals surface area contributed by atoms with Crippen LogP contribution in [0.4, 0.5) is 0 Å². The molecule has 10 heteroatoms. The highest BCUT2D eigenvalue weighted by Crippen LogP contribution is 2.65. The molecule has 0 bridgehead atoms. The third kappa shape index (κ3) is 9.96. The summed E-state index contributed by atoms with van der Waals surface area (Å²) in [5.41, 5.74) is 0. The molecule has 0 atom stereocenters. The molecule has 0 saturated carbocycles. The summed E-state index contributed by atoms with van der Waals surface area (Å²) in [7, 11) is -6.91. The first kappa shape index (κ1) is 41.0. The molecule has 0 heterocycles. The standard InChI is InChI=1S/C36H30NP2.C2H3N.BH3O3.2HI/c1-7-19-31(20-8-1)38(32-21-9-2-10-22-32,33-23-11-3-12-24-33)37-39(34-25-13-4-14-26-34,35-27-15-5-16-28-35)36-29-17-6-18-30-36;1-2-3;2-1(3)4;;/h1-30H;1H3;2-4H;2*1H/q+1;;;;/p-1. The Labute approximate surface area is 319 Å².